The SMILES string of the molecule is N#CCOc1ccc([C@@H]2Nc3c(Cl)ccc(Cl)c3[C@@H]3C=CC[C@@H]32)cc1. The van der Waals surface area contributed by atoms with Crippen molar-refractivity contribution in [3.63, 3.8) is 0 Å². The smallest absolute Gasteiger partial charge is 0.174 e. The van der Waals surface area contributed by atoms with E-state index in [0.717, 1.165) is 22.7 Å². The van der Waals surface area contributed by atoms with Gasteiger partial charge in [0, 0.05) is 16.5 Å². The number of fused-ring (bicyclic) bond motifs is 3. The summed E-state index contributed by atoms with van der Waals surface area (Å²) in [4.78, 5) is 0. The molecule has 4 rings (SSSR count). The molecule has 0 amide bonds. The third-order valence-electron chi connectivity index (χ3n) is 4.96. The fourth-order valence-electron chi connectivity index (χ4n) is 3.85. The molecule has 1 aliphatic heterocycles. The molecule has 3 nitrogen and oxygen atoms in total. The minimum atomic E-state index is 0.0527. The van der Waals surface area contributed by atoms with Gasteiger partial charge in [0.2, 0.25) is 0 Å². The molecule has 0 fully saturated rings. The van der Waals surface area contributed by atoms with E-state index in [9.17, 15) is 0 Å². The molecule has 0 spiro atoms. The van der Waals surface area contributed by atoms with Crippen molar-refractivity contribution >= 4 is 28.9 Å². The van der Waals surface area contributed by atoms with Crippen LogP contribution in [0.5, 0.6) is 5.75 Å². The molecule has 2 aliphatic rings. The summed E-state index contributed by atoms with van der Waals surface area (Å²) in [5, 5.41) is 13.7. The number of nitrogens with one attached hydrogen (secondary N) is 1. The van der Waals surface area contributed by atoms with E-state index < -0.39 is 0 Å². The number of nitrogens with zero attached hydrogens (tertiary/aromatic N) is 1. The summed E-state index contributed by atoms with van der Waals surface area (Å²) in [6, 6.07) is 13.7. The van der Waals surface area contributed by atoms with Crippen LogP contribution < -0.4 is 10.1 Å². The van der Waals surface area contributed by atoms with Crippen molar-refractivity contribution in [3.8, 4) is 11.8 Å². The lowest BCUT2D eigenvalue weighted by molar-refractivity contribution is 0.367. The van der Waals surface area contributed by atoms with Gasteiger partial charge in [-0.1, -0.05) is 47.5 Å². The van der Waals surface area contributed by atoms with E-state index >= 15 is 0 Å². The molecule has 1 aliphatic carbocycles. The highest BCUT2D eigenvalue weighted by Gasteiger charge is 2.39. The second-order valence-corrected chi connectivity index (χ2v) is 7.12. The number of benzene rings is 2. The first-order valence-electron chi connectivity index (χ1n) is 8.20. The summed E-state index contributed by atoms with van der Waals surface area (Å²) >= 11 is 12.9. The maximum atomic E-state index is 8.61. The third kappa shape index (κ3) is 2.86. The van der Waals surface area contributed by atoms with Gasteiger partial charge in [-0.25, -0.2) is 0 Å². The lowest BCUT2D eigenvalue weighted by Crippen LogP contribution is -2.29. The number of hydrogen-bond donors (Lipinski definition) is 1. The van der Waals surface area contributed by atoms with E-state index in [1.54, 1.807) is 0 Å². The van der Waals surface area contributed by atoms with Gasteiger partial charge in [-0.15, -0.1) is 0 Å². The van der Waals surface area contributed by atoms with Crippen LogP contribution in [0.3, 0.4) is 0 Å². The van der Waals surface area contributed by atoms with Crippen LogP contribution in [0.15, 0.2) is 48.6 Å². The highest BCUT2D eigenvalue weighted by Crippen LogP contribution is 2.53. The van der Waals surface area contributed by atoms with Crippen molar-refractivity contribution in [2.24, 2.45) is 5.92 Å². The Bertz CT molecular complexity index is 871. The molecule has 25 heavy (non-hydrogen) atoms. The molecule has 1 heterocycles. The number of anilines is 1. The highest BCUT2D eigenvalue weighted by molar-refractivity contribution is 6.36. The summed E-state index contributed by atoms with van der Waals surface area (Å²) in [5.74, 6) is 1.36. The summed E-state index contributed by atoms with van der Waals surface area (Å²) in [7, 11) is 0. The summed E-state index contributed by atoms with van der Waals surface area (Å²) in [6.07, 6.45) is 5.46. The quantitative estimate of drug-likeness (QED) is 0.702. The summed E-state index contributed by atoms with van der Waals surface area (Å²) in [5.41, 5.74) is 3.19. The molecule has 126 valence electrons. The van der Waals surface area contributed by atoms with Crippen LogP contribution in [0.4, 0.5) is 5.69 Å². The first kappa shape index (κ1) is 16.3. The van der Waals surface area contributed by atoms with Crippen molar-refractivity contribution in [3.05, 3.63) is 69.7 Å². The predicted molar refractivity (Wildman–Crippen MR) is 100 cm³/mol. The Labute approximate surface area is 156 Å². The molecule has 0 saturated heterocycles. The molecule has 5 heteroatoms. The number of ether oxygens (including phenoxy) is 1. The van der Waals surface area contributed by atoms with E-state index in [-0.39, 0.29) is 18.6 Å². The number of hydrogen-bond acceptors (Lipinski definition) is 3. The zero-order chi connectivity index (χ0) is 17.4. The second-order valence-electron chi connectivity index (χ2n) is 6.31. The third-order valence-corrected chi connectivity index (χ3v) is 5.60. The molecule has 0 aromatic heterocycles. The lowest BCUT2D eigenvalue weighted by Gasteiger charge is -2.38. The highest BCUT2D eigenvalue weighted by atomic mass is 35.5. The van der Waals surface area contributed by atoms with Crippen LogP contribution in [0.2, 0.25) is 10.0 Å². The number of rotatable bonds is 3. The Balaban J connectivity index is 1.70. The normalized spacial score (nSPS) is 23.3. The van der Waals surface area contributed by atoms with Gasteiger partial charge in [-0.3, -0.25) is 0 Å². The van der Waals surface area contributed by atoms with Crippen molar-refractivity contribution in [2.75, 3.05) is 11.9 Å². The number of nitriles is 1. The van der Waals surface area contributed by atoms with Gasteiger partial charge in [0.05, 0.1) is 16.8 Å². The van der Waals surface area contributed by atoms with Crippen LogP contribution in [-0.2, 0) is 0 Å². The molecule has 1 N–H and O–H groups in total. The van der Waals surface area contributed by atoms with Gasteiger partial charge in [0.1, 0.15) is 11.8 Å². The molecule has 2 aromatic rings. The van der Waals surface area contributed by atoms with Crippen molar-refractivity contribution in [2.45, 2.75) is 18.4 Å². The summed E-state index contributed by atoms with van der Waals surface area (Å²) in [6.45, 7) is 0.0527. The average molecular weight is 371 g/mol. The fourth-order valence-corrected chi connectivity index (χ4v) is 4.35. The first-order chi connectivity index (χ1) is 12.2. The van der Waals surface area contributed by atoms with Crippen LogP contribution in [-0.4, -0.2) is 6.61 Å². The lowest BCUT2D eigenvalue weighted by atomic mass is 9.77. The van der Waals surface area contributed by atoms with Crippen molar-refractivity contribution < 1.29 is 4.74 Å². The van der Waals surface area contributed by atoms with Gasteiger partial charge in [0.15, 0.2) is 6.61 Å². The van der Waals surface area contributed by atoms with Gasteiger partial charge in [-0.2, -0.15) is 5.26 Å². The molecule has 2 aromatic carbocycles. The van der Waals surface area contributed by atoms with Crippen molar-refractivity contribution in [1.82, 2.24) is 0 Å². The van der Waals surface area contributed by atoms with Gasteiger partial charge < -0.3 is 10.1 Å². The maximum Gasteiger partial charge on any atom is 0.174 e. The minimum absolute atomic E-state index is 0.0527. The minimum Gasteiger partial charge on any atom is -0.479 e. The largest absolute Gasteiger partial charge is 0.479 e. The molecule has 0 bridgehead atoms. The molecular weight excluding hydrogens is 355 g/mol. The van der Waals surface area contributed by atoms with E-state index in [0.29, 0.717) is 16.7 Å². The van der Waals surface area contributed by atoms with Gasteiger partial charge in [0.25, 0.3) is 0 Å². The topological polar surface area (TPSA) is 45.0 Å². The van der Waals surface area contributed by atoms with Crippen LogP contribution in [0, 0.1) is 17.2 Å². The molecule has 0 radical (unpaired) electrons. The Kier molecular flexibility index (Phi) is 4.33. The number of allylic oxidation sites excluding steroid dienone is 2. The van der Waals surface area contributed by atoms with E-state index in [1.807, 2.05) is 42.5 Å². The monoisotopic (exact) mass is 370 g/mol. The Morgan fingerprint density at radius 3 is 2.64 bits per heavy atom. The Hall–Kier alpha value is -2.15. The first-order valence-corrected chi connectivity index (χ1v) is 8.95. The Morgan fingerprint density at radius 1 is 1.12 bits per heavy atom. The number of halogens is 2. The van der Waals surface area contributed by atoms with E-state index in [4.69, 9.17) is 33.2 Å². The van der Waals surface area contributed by atoms with Gasteiger partial charge in [-0.05, 0) is 42.2 Å². The average Bonchev–Trinajstić information content (AvgIpc) is 3.12. The van der Waals surface area contributed by atoms with E-state index in [2.05, 4.69) is 17.5 Å². The molecule has 3 atom stereocenters. The molecule has 0 unspecified atom stereocenters. The Morgan fingerprint density at radius 2 is 1.88 bits per heavy atom. The fraction of sp³-hybridized carbons (Fsp3) is 0.250. The van der Waals surface area contributed by atoms with Gasteiger partial charge >= 0.3 is 0 Å². The molecular formula is C20H16Cl2N2O. The predicted octanol–water partition coefficient (Wildman–Crippen LogP) is 5.72. The standard InChI is InChI=1S/C20H16Cl2N2O/c21-16-8-9-17(22)20-18(16)14-2-1-3-15(14)19(24-20)12-4-6-13(7-5-12)25-11-10-23/h1-2,4-9,14-15,19,24H,3,11H2/t14-,15+,19+/m1/s1. The van der Waals surface area contributed by atoms with E-state index in [1.165, 1.54) is 5.56 Å². The molecule has 0 saturated carbocycles. The second kappa shape index (κ2) is 6.63. The zero-order valence-corrected chi connectivity index (χ0v) is 14.9. The zero-order valence-electron chi connectivity index (χ0n) is 13.4. The summed E-state index contributed by atoms with van der Waals surface area (Å²) < 4.78 is 5.34. The van der Waals surface area contributed by atoms with Crippen LogP contribution in [0.25, 0.3) is 0 Å². The van der Waals surface area contributed by atoms with Crippen molar-refractivity contribution in [1.29, 1.82) is 5.26 Å². The maximum absolute atomic E-state index is 8.61. The van der Waals surface area contributed by atoms with Crippen LogP contribution in [0.1, 0.15) is 29.5 Å². The van der Waals surface area contributed by atoms with Crippen LogP contribution >= 0.6 is 23.2 Å².